The van der Waals surface area contributed by atoms with Gasteiger partial charge in [-0.2, -0.15) is 0 Å². The van der Waals surface area contributed by atoms with E-state index in [9.17, 15) is 23.2 Å². The van der Waals surface area contributed by atoms with Gasteiger partial charge in [0.2, 0.25) is 5.91 Å². The zero-order valence-electron chi connectivity index (χ0n) is 24.2. The van der Waals surface area contributed by atoms with Crippen molar-refractivity contribution in [2.24, 2.45) is 11.3 Å². The summed E-state index contributed by atoms with van der Waals surface area (Å²) in [6.45, 7) is 3.11. The molecule has 0 unspecified atom stereocenters. The zero-order valence-corrected chi connectivity index (χ0v) is 24.2. The standard InChI is InChI=1S/C32H36F3N5O3/c1-20(41)37-24-9-13-40(29(16-24)25-14-22(33)4-6-27(25)35)31(43)38-12-8-21(32(18-38)10-2-3-11-32)17-39-19-36-28-7-5-23(34)15-26(28)30(39)42/h4-7,14-15,19,21,24,29H,2-3,8-13,16-18H2,1H3,(H,37,41)/t21-,24+,29-/m0/s1. The number of likely N-dealkylation sites (tertiary alicyclic amines) is 2. The van der Waals surface area contributed by atoms with Crippen LogP contribution in [0, 0.1) is 28.8 Å². The molecule has 1 aromatic heterocycles. The Balaban J connectivity index is 1.25. The SMILES string of the molecule is CC(=O)N[C@@H]1CCN(C(=O)N2CC[C@@H](Cn3cnc4ccc(F)cc4c3=O)C3(CCCC3)C2)[C@H](c2cc(F)ccc2F)C1. The maximum absolute atomic E-state index is 15.0. The molecule has 2 aromatic carbocycles. The number of nitrogens with one attached hydrogen (secondary N) is 1. The summed E-state index contributed by atoms with van der Waals surface area (Å²) in [4.78, 5) is 47.0. The Hall–Kier alpha value is -3.89. The van der Waals surface area contributed by atoms with Crippen LogP contribution in [0.3, 0.4) is 0 Å². The molecule has 1 spiro atoms. The van der Waals surface area contributed by atoms with Gasteiger partial charge in [0.25, 0.3) is 5.56 Å². The molecule has 2 saturated heterocycles. The minimum Gasteiger partial charge on any atom is -0.353 e. The number of urea groups is 1. The second-order valence-corrected chi connectivity index (χ2v) is 12.4. The average molecular weight is 596 g/mol. The van der Waals surface area contributed by atoms with E-state index in [0.29, 0.717) is 44.5 Å². The molecular formula is C32H36F3N5O3. The summed E-state index contributed by atoms with van der Waals surface area (Å²) in [5.74, 6) is -1.75. The number of aromatic nitrogens is 2. The van der Waals surface area contributed by atoms with Crippen molar-refractivity contribution < 1.29 is 22.8 Å². The molecule has 3 atom stereocenters. The normalized spacial score (nSPS) is 23.6. The number of piperidine rings is 2. The molecule has 43 heavy (non-hydrogen) atoms. The number of fused-ring (bicyclic) bond motifs is 1. The van der Waals surface area contributed by atoms with E-state index in [0.717, 1.165) is 43.9 Å². The fourth-order valence-electron chi connectivity index (χ4n) is 7.66. The maximum Gasteiger partial charge on any atom is 0.320 e. The molecule has 2 aliphatic heterocycles. The van der Waals surface area contributed by atoms with Gasteiger partial charge in [-0.15, -0.1) is 0 Å². The van der Waals surface area contributed by atoms with Crippen molar-refractivity contribution in [2.45, 2.75) is 70.5 Å². The highest BCUT2D eigenvalue weighted by molar-refractivity contribution is 5.77. The number of carbonyl (C=O) groups excluding carboxylic acids is 2. The Kier molecular flexibility index (Phi) is 7.91. The summed E-state index contributed by atoms with van der Waals surface area (Å²) in [6.07, 6.45) is 6.87. The van der Waals surface area contributed by atoms with Gasteiger partial charge in [-0.05, 0) is 79.8 Å². The number of amides is 3. The Morgan fingerprint density at radius 3 is 2.53 bits per heavy atom. The summed E-state index contributed by atoms with van der Waals surface area (Å²) in [5, 5.41) is 3.13. The van der Waals surface area contributed by atoms with E-state index < -0.39 is 23.5 Å². The quantitative estimate of drug-likeness (QED) is 0.452. The largest absolute Gasteiger partial charge is 0.353 e. The van der Waals surface area contributed by atoms with E-state index in [1.807, 2.05) is 4.90 Å². The minimum atomic E-state index is -0.728. The predicted octanol–water partition coefficient (Wildman–Crippen LogP) is 5.16. The van der Waals surface area contributed by atoms with Gasteiger partial charge in [0.05, 0.1) is 23.3 Å². The highest BCUT2D eigenvalue weighted by Crippen LogP contribution is 2.49. The maximum atomic E-state index is 15.0. The number of rotatable bonds is 4. The van der Waals surface area contributed by atoms with Crippen LogP contribution in [0.15, 0.2) is 47.5 Å². The first-order chi connectivity index (χ1) is 20.6. The van der Waals surface area contributed by atoms with Crippen LogP contribution in [0.1, 0.15) is 63.5 Å². The second-order valence-electron chi connectivity index (χ2n) is 12.4. The Labute approximate surface area is 247 Å². The van der Waals surface area contributed by atoms with E-state index in [4.69, 9.17) is 0 Å². The molecule has 1 aliphatic carbocycles. The van der Waals surface area contributed by atoms with Crippen molar-refractivity contribution in [3.8, 4) is 0 Å². The molecule has 0 bridgehead atoms. The third-order valence-corrected chi connectivity index (χ3v) is 9.76. The van der Waals surface area contributed by atoms with E-state index in [2.05, 4.69) is 10.3 Å². The van der Waals surface area contributed by atoms with E-state index >= 15 is 4.39 Å². The van der Waals surface area contributed by atoms with Gasteiger partial charge in [0.15, 0.2) is 0 Å². The fraction of sp³-hybridized carbons (Fsp3) is 0.500. The molecule has 1 saturated carbocycles. The predicted molar refractivity (Wildman–Crippen MR) is 155 cm³/mol. The van der Waals surface area contributed by atoms with Crippen LogP contribution < -0.4 is 10.9 Å². The van der Waals surface area contributed by atoms with Gasteiger partial charge >= 0.3 is 6.03 Å². The van der Waals surface area contributed by atoms with E-state index in [1.165, 1.54) is 31.5 Å². The molecule has 3 amide bonds. The monoisotopic (exact) mass is 595 g/mol. The van der Waals surface area contributed by atoms with Crippen molar-refractivity contribution in [3.63, 3.8) is 0 Å². The van der Waals surface area contributed by atoms with Gasteiger partial charge in [-0.3, -0.25) is 14.2 Å². The average Bonchev–Trinajstić information content (AvgIpc) is 3.45. The Bertz CT molecular complexity index is 1600. The van der Waals surface area contributed by atoms with Gasteiger partial charge in [0.1, 0.15) is 17.5 Å². The Morgan fingerprint density at radius 2 is 1.77 bits per heavy atom. The lowest BCUT2D eigenvalue weighted by molar-refractivity contribution is -0.120. The number of nitrogens with zero attached hydrogens (tertiary/aromatic N) is 4. The van der Waals surface area contributed by atoms with Crippen molar-refractivity contribution in [2.75, 3.05) is 19.6 Å². The van der Waals surface area contributed by atoms with Crippen molar-refractivity contribution >= 4 is 22.8 Å². The van der Waals surface area contributed by atoms with E-state index in [-0.39, 0.29) is 52.2 Å². The Morgan fingerprint density at radius 1 is 1.02 bits per heavy atom. The molecule has 3 heterocycles. The fourth-order valence-corrected chi connectivity index (χ4v) is 7.66. The van der Waals surface area contributed by atoms with Crippen molar-refractivity contribution in [1.82, 2.24) is 24.7 Å². The van der Waals surface area contributed by atoms with E-state index in [1.54, 1.807) is 9.47 Å². The summed E-state index contributed by atoms with van der Waals surface area (Å²) >= 11 is 0. The summed E-state index contributed by atoms with van der Waals surface area (Å²) in [5.41, 5.74) is 0.0788. The van der Waals surface area contributed by atoms with Crippen molar-refractivity contribution in [3.05, 3.63) is 76.1 Å². The van der Waals surface area contributed by atoms with Gasteiger partial charge < -0.3 is 15.1 Å². The molecule has 8 nitrogen and oxygen atoms in total. The van der Waals surface area contributed by atoms with Crippen LogP contribution in [0.2, 0.25) is 0 Å². The third-order valence-electron chi connectivity index (χ3n) is 9.76. The molecule has 3 aromatic rings. The number of hydrogen-bond acceptors (Lipinski definition) is 4. The van der Waals surface area contributed by atoms with Crippen LogP contribution in [-0.2, 0) is 11.3 Å². The molecule has 6 rings (SSSR count). The highest BCUT2D eigenvalue weighted by atomic mass is 19.1. The zero-order chi connectivity index (χ0) is 30.3. The molecule has 0 radical (unpaired) electrons. The summed E-state index contributed by atoms with van der Waals surface area (Å²) in [7, 11) is 0. The lowest BCUT2D eigenvalue weighted by Gasteiger charge is -2.49. The number of halogens is 3. The van der Waals surface area contributed by atoms with Crippen molar-refractivity contribution in [1.29, 1.82) is 0 Å². The second kappa shape index (κ2) is 11.7. The molecule has 1 N–H and O–H groups in total. The van der Waals surface area contributed by atoms with Crippen LogP contribution in [0.4, 0.5) is 18.0 Å². The minimum absolute atomic E-state index is 0.105. The molecular weight excluding hydrogens is 559 g/mol. The van der Waals surface area contributed by atoms with Crippen LogP contribution in [0.25, 0.3) is 10.9 Å². The highest BCUT2D eigenvalue weighted by Gasteiger charge is 2.48. The molecule has 3 aliphatic rings. The van der Waals surface area contributed by atoms with Gasteiger partial charge in [-0.1, -0.05) is 12.8 Å². The third kappa shape index (κ3) is 5.73. The first kappa shape index (κ1) is 29.2. The number of carbonyl (C=O) groups is 2. The van der Waals surface area contributed by atoms with Gasteiger partial charge in [0, 0.05) is 44.7 Å². The number of hydrogen-bond donors (Lipinski definition) is 1. The topological polar surface area (TPSA) is 87.5 Å². The van der Waals surface area contributed by atoms with Crippen LogP contribution in [0.5, 0.6) is 0 Å². The molecule has 3 fully saturated rings. The summed E-state index contributed by atoms with van der Waals surface area (Å²) < 4.78 is 44.7. The molecule has 228 valence electrons. The smallest absolute Gasteiger partial charge is 0.320 e. The van der Waals surface area contributed by atoms with Gasteiger partial charge in [-0.25, -0.2) is 22.9 Å². The first-order valence-corrected chi connectivity index (χ1v) is 15.1. The van der Waals surface area contributed by atoms with Crippen LogP contribution >= 0.6 is 0 Å². The van der Waals surface area contributed by atoms with Crippen LogP contribution in [-0.4, -0.2) is 57.0 Å². The number of benzene rings is 2. The summed E-state index contributed by atoms with van der Waals surface area (Å²) in [6, 6.07) is 6.07. The first-order valence-electron chi connectivity index (χ1n) is 15.1. The lowest BCUT2D eigenvalue weighted by Crippen LogP contribution is -2.57. The molecule has 11 heteroatoms. The lowest BCUT2D eigenvalue weighted by atomic mass is 9.69.